The van der Waals surface area contributed by atoms with E-state index in [4.69, 9.17) is 4.74 Å². The summed E-state index contributed by atoms with van der Waals surface area (Å²) in [5.74, 6) is 0.778. The van der Waals surface area contributed by atoms with Crippen LogP contribution in [0.3, 0.4) is 0 Å². The number of methoxy groups -OCH3 is 1. The van der Waals surface area contributed by atoms with Crippen molar-refractivity contribution in [1.82, 2.24) is 0 Å². The number of carbonyl (C=O) groups is 1. The number of anilines is 1. The van der Waals surface area contributed by atoms with Gasteiger partial charge in [0.15, 0.2) is 0 Å². The number of allylic oxidation sites excluding steroid dienone is 6. The largest absolute Gasteiger partial charge is 0.497 e. The van der Waals surface area contributed by atoms with Gasteiger partial charge in [-0.05, 0) is 50.5 Å². The molecule has 0 bridgehead atoms. The number of ether oxygens (including phenoxy) is 1. The topological polar surface area (TPSA) is 38.3 Å². The maximum absolute atomic E-state index is 10.9. The Morgan fingerprint density at radius 2 is 2.00 bits per heavy atom. The molecule has 0 heterocycles. The standard InChI is InChI=1S/C19H25NO2/c1-6-7-8-9-10-17(14(2)3)18-12-16(22-5)11-15(4)19(18)20-13-21/h7-13H,6H2,1-5H3,(H,20,21)/b8-7+,10-9-. The molecule has 0 saturated heterocycles. The smallest absolute Gasteiger partial charge is 0.211 e. The van der Waals surface area contributed by atoms with E-state index in [1.807, 2.05) is 31.2 Å². The summed E-state index contributed by atoms with van der Waals surface area (Å²) in [4.78, 5) is 10.9. The molecular weight excluding hydrogens is 274 g/mol. The summed E-state index contributed by atoms with van der Waals surface area (Å²) >= 11 is 0. The highest BCUT2D eigenvalue weighted by molar-refractivity contribution is 5.90. The molecule has 1 rings (SSSR count). The van der Waals surface area contributed by atoms with Gasteiger partial charge in [0.1, 0.15) is 5.75 Å². The highest BCUT2D eigenvalue weighted by atomic mass is 16.5. The molecule has 1 N–H and O–H groups in total. The molecule has 0 saturated carbocycles. The Bertz CT molecular complexity index is 606. The molecular formula is C19H25NO2. The van der Waals surface area contributed by atoms with E-state index < -0.39 is 0 Å². The van der Waals surface area contributed by atoms with Crippen molar-refractivity contribution in [1.29, 1.82) is 0 Å². The Labute approximate surface area is 133 Å². The highest BCUT2D eigenvalue weighted by Gasteiger charge is 2.12. The van der Waals surface area contributed by atoms with E-state index in [1.165, 1.54) is 5.57 Å². The van der Waals surface area contributed by atoms with E-state index in [9.17, 15) is 4.79 Å². The maximum atomic E-state index is 10.9. The molecule has 0 aliphatic heterocycles. The van der Waals surface area contributed by atoms with Crippen LogP contribution in [0.15, 0.2) is 42.0 Å². The van der Waals surface area contributed by atoms with Crippen LogP contribution in [-0.2, 0) is 4.79 Å². The Kier molecular flexibility index (Phi) is 7.17. The quantitative estimate of drug-likeness (QED) is 0.575. The van der Waals surface area contributed by atoms with Crippen molar-refractivity contribution in [2.75, 3.05) is 12.4 Å². The van der Waals surface area contributed by atoms with Crippen molar-refractivity contribution in [2.24, 2.45) is 0 Å². The van der Waals surface area contributed by atoms with E-state index in [0.717, 1.165) is 34.6 Å². The van der Waals surface area contributed by atoms with Crippen LogP contribution in [-0.4, -0.2) is 13.5 Å². The van der Waals surface area contributed by atoms with Gasteiger partial charge in [-0.1, -0.05) is 36.8 Å². The highest BCUT2D eigenvalue weighted by Crippen LogP contribution is 2.34. The second kappa shape index (κ2) is 8.88. The first-order valence-corrected chi connectivity index (χ1v) is 7.45. The van der Waals surface area contributed by atoms with E-state index >= 15 is 0 Å². The Morgan fingerprint density at radius 3 is 2.55 bits per heavy atom. The van der Waals surface area contributed by atoms with Gasteiger partial charge in [0.05, 0.1) is 12.8 Å². The van der Waals surface area contributed by atoms with Gasteiger partial charge in [-0.3, -0.25) is 4.79 Å². The molecule has 22 heavy (non-hydrogen) atoms. The molecule has 3 nitrogen and oxygen atoms in total. The van der Waals surface area contributed by atoms with Gasteiger partial charge in [0.2, 0.25) is 6.41 Å². The molecule has 0 fully saturated rings. The van der Waals surface area contributed by atoms with Crippen LogP contribution in [0.2, 0.25) is 0 Å². The predicted octanol–water partition coefficient (Wildman–Crippen LogP) is 4.89. The van der Waals surface area contributed by atoms with Gasteiger partial charge in [-0.25, -0.2) is 0 Å². The second-order valence-corrected chi connectivity index (χ2v) is 5.24. The fraction of sp³-hybridized carbons (Fsp3) is 0.316. The van der Waals surface area contributed by atoms with Gasteiger partial charge in [-0.2, -0.15) is 0 Å². The van der Waals surface area contributed by atoms with Gasteiger partial charge >= 0.3 is 0 Å². The minimum Gasteiger partial charge on any atom is -0.497 e. The number of hydrogen-bond donors (Lipinski definition) is 1. The van der Waals surface area contributed by atoms with Crippen LogP contribution in [0.1, 0.15) is 38.3 Å². The van der Waals surface area contributed by atoms with Crippen LogP contribution >= 0.6 is 0 Å². The number of hydrogen-bond acceptors (Lipinski definition) is 2. The third-order valence-electron chi connectivity index (χ3n) is 3.32. The third kappa shape index (κ3) is 4.62. The average molecular weight is 299 g/mol. The number of nitrogens with one attached hydrogen (secondary N) is 1. The molecule has 0 aliphatic carbocycles. The van der Waals surface area contributed by atoms with Gasteiger partial charge < -0.3 is 10.1 Å². The van der Waals surface area contributed by atoms with Crippen LogP contribution in [0.5, 0.6) is 5.75 Å². The zero-order valence-corrected chi connectivity index (χ0v) is 14.1. The summed E-state index contributed by atoms with van der Waals surface area (Å²) < 4.78 is 5.36. The lowest BCUT2D eigenvalue weighted by molar-refractivity contribution is -0.105. The number of aryl methyl sites for hydroxylation is 1. The van der Waals surface area contributed by atoms with Gasteiger partial charge in [-0.15, -0.1) is 0 Å². The SMILES string of the molecule is CC/C=C/C=C\C(=C(C)C)c1cc(OC)cc(C)c1NC=O. The first-order chi connectivity index (χ1) is 10.5. The molecule has 1 amide bonds. The predicted molar refractivity (Wildman–Crippen MR) is 94.3 cm³/mol. The van der Waals surface area contributed by atoms with Crippen LogP contribution in [0.25, 0.3) is 5.57 Å². The minimum absolute atomic E-state index is 0.710. The Balaban J connectivity index is 3.43. The summed E-state index contributed by atoms with van der Waals surface area (Å²) in [6.07, 6.45) is 9.92. The second-order valence-electron chi connectivity index (χ2n) is 5.24. The summed E-state index contributed by atoms with van der Waals surface area (Å²) in [5, 5.41) is 2.81. The molecule has 1 aromatic carbocycles. The van der Waals surface area contributed by atoms with Crippen LogP contribution in [0, 0.1) is 6.92 Å². The summed E-state index contributed by atoms with van der Waals surface area (Å²) in [5.41, 5.74) is 4.99. The van der Waals surface area contributed by atoms with Crippen molar-refractivity contribution >= 4 is 17.7 Å². The molecule has 118 valence electrons. The zero-order chi connectivity index (χ0) is 16.5. The fourth-order valence-corrected chi connectivity index (χ4v) is 2.23. The molecule has 3 heteroatoms. The van der Waals surface area contributed by atoms with E-state index in [-0.39, 0.29) is 0 Å². The lowest BCUT2D eigenvalue weighted by Gasteiger charge is -2.16. The lowest BCUT2D eigenvalue weighted by atomic mass is 9.96. The molecule has 0 atom stereocenters. The monoisotopic (exact) mass is 299 g/mol. The summed E-state index contributed by atoms with van der Waals surface area (Å²) in [7, 11) is 1.65. The number of benzene rings is 1. The van der Waals surface area contributed by atoms with E-state index in [1.54, 1.807) is 7.11 Å². The first-order valence-electron chi connectivity index (χ1n) is 7.45. The number of rotatable bonds is 7. The fourth-order valence-electron chi connectivity index (χ4n) is 2.23. The van der Waals surface area contributed by atoms with Crippen LogP contribution < -0.4 is 10.1 Å². The molecule has 0 aliphatic rings. The normalized spacial score (nSPS) is 11.0. The number of amides is 1. The Hall–Kier alpha value is -2.29. The van der Waals surface area contributed by atoms with E-state index in [2.05, 4.69) is 38.2 Å². The van der Waals surface area contributed by atoms with Crippen LogP contribution in [0.4, 0.5) is 5.69 Å². The molecule has 0 spiro atoms. The van der Waals surface area contributed by atoms with Gasteiger partial charge in [0, 0.05) is 5.56 Å². The molecule has 1 aromatic rings. The molecule has 0 radical (unpaired) electrons. The zero-order valence-electron chi connectivity index (χ0n) is 14.1. The molecule has 0 aromatic heterocycles. The summed E-state index contributed by atoms with van der Waals surface area (Å²) in [6.45, 7) is 8.18. The maximum Gasteiger partial charge on any atom is 0.211 e. The molecule has 0 unspecified atom stereocenters. The Morgan fingerprint density at radius 1 is 1.27 bits per heavy atom. The minimum atomic E-state index is 0.710. The van der Waals surface area contributed by atoms with Crippen molar-refractivity contribution < 1.29 is 9.53 Å². The third-order valence-corrected chi connectivity index (χ3v) is 3.32. The van der Waals surface area contributed by atoms with Gasteiger partial charge in [0.25, 0.3) is 0 Å². The van der Waals surface area contributed by atoms with Crippen molar-refractivity contribution in [3.63, 3.8) is 0 Å². The average Bonchev–Trinajstić information content (AvgIpc) is 2.49. The summed E-state index contributed by atoms with van der Waals surface area (Å²) in [6, 6.07) is 3.87. The first kappa shape index (κ1) is 17.8. The van der Waals surface area contributed by atoms with E-state index in [0.29, 0.717) is 6.41 Å². The number of carbonyl (C=O) groups excluding carboxylic acids is 1. The van der Waals surface area contributed by atoms with Crippen molar-refractivity contribution in [3.05, 3.63) is 53.1 Å². The van der Waals surface area contributed by atoms with Crippen molar-refractivity contribution in [2.45, 2.75) is 34.1 Å². The van der Waals surface area contributed by atoms with Crippen molar-refractivity contribution in [3.8, 4) is 5.75 Å². The lowest BCUT2D eigenvalue weighted by Crippen LogP contribution is -2.02.